The highest BCUT2D eigenvalue weighted by molar-refractivity contribution is 5.84. The molecular formula is C34H37NO11. The molecule has 12 heteroatoms. The summed E-state index contributed by atoms with van der Waals surface area (Å²) in [6.07, 6.45) is -0.660. The lowest BCUT2D eigenvalue weighted by molar-refractivity contribution is -0.176. The topological polar surface area (TPSA) is 169 Å². The number of carbonyl (C=O) groups is 4. The number of carboxylic acids is 1. The Morgan fingerprint density at radius 3 is 2.52 bits per heavy atom. The minimum atomic E-state index is -1.58. The normalized spacial score (nSPS) is 27.2. The van der Waals surface area contributed by atoms with Crippen LogP contribution in [0.3, 0.4) is 0 Å². The molecule has 6 rings (SSSR count). The average molecular weight is 636 g/mol. The van der Waals surface area contributed by atoms with Crippen molar-refractivity contribution in [2.45, 2.75) is 87.4 Å². The second-order valence-electron chi connectivity index (χ2n) is 12.4. The highest BCUT2D eigenvalue weighted by Crippen LogP contribution is 2.64. The molecule has 12 nitrogen and oxygen atoms in total. The summed E-state index contributed by atoms with van der Waals surface area (Å²) in [6, 6.07) is 11.5. The molecule has 2 aliphatic heterocycles. The van der Waals surface area contributed by atoms with Gasteiger partial charge in [-0.3, -0.25) is 9.59 Å². The van der Waals surface area contributed by atoms with Crippen molar-refractivity contribution in [3.05, 3.63) is 76.6 Å². The SMILES string of the molecule is C[C@H](OC(=O)CCC(=O)OC1=CC[C@@]2(O)[C@H]3Cc4ccc(CO)c5c4[C@@]2(CCCN3C)[C@H]1O5)C(=O)O[C@H](C(=O)O)c1ccccc1. The fourth-order valence-corrected chi connectivity index (χ4v) is 7.68. The smallest absolute Gasteiger partial charge is 0.349 e. The molecule has 46 heavy (non-hydrogen) atoms. The van der Waals surface area contributed by atoms with E-state index in [-0.39, 0.29) is 36.8 Å². The zero-order valence-electron chi connectivity index (χ0n) is 25.6. The van der Waals surface area contributed by atoms with Gasteiger partial charge >= 0.3 is 23.9 Å². The van der Waals surface area contributed by atoms with Crippen LogP contribution in [0.2, 0.25) is 0 Å². The number of hydrogen-bond acceptors (Lipinski definition) is 11. The average Bonchev–Trinajstić information content (AvgIpc) is 3.38. The van der Waals surface area contributed by atoms with Gasteiger partial charge in [-0.15, -0.1) is 0 Å². The maximum atomic E-state index is 13.0. The Labute approximate surface area is 265 Å². The molecule has 2 bridgehead atoms. The van der Waals surface area contributed by atoms with Crippen molar-refractivity contribution < 1.29 is 53.4 Å². The molecule has 0 unspecified atom stereocenters. The molecule has 244 valence electrons. The monoisotopic (exact) mass is 635 g/mol. The fourth-order valence-electron chi connectivity index (χ4n) is 7.68. The van der Waals surface area contributed by atoms with Gasteiger partial charge in [-0.1, -0.05) is 42.5 Å². The lowest BCUT2D eigenvalue weighted by Gasteiger charge is -2.56. The number of likely N-dealkylation sites (N-methyl/N-ethyl adjacent to an activating group) is 1. The summed E-state index contributed by atoms with van der Waals surface area (Å²) in [5.41, 5.74) is 0.683. The minimum Gasteiger partial charge on any atom is -0.481 e. The highest BCUT2D eigenvalue weighted by atomic mass is 16.6. The number of esters is 3. The van der Waals surface area contributed by atoms with Crippen LogP contribution in [0, 0.1) is 0 Å². The summed E-state index contributed by atoms with van der Waals surface area (Å²) in [5, 5.41) is 32.0. The number of ether oxygens (including phenoxy) is 4. The summed E-state index contributed by atoms with van der Waals surface area (Å²) < 4.78 is 22.5. The first-order chi connectivity index (χ1) is 22.0. The maximum absolute atomic E-state index is 13.0. The van der Waals surface area contributed by atoms with E-state index >= 15 is 0 Å². The third kappa shape index (κ3) is 5.14. The molecule has 2 aromatic carbocycles. The predicted octanol–water partition coefficient (Wildman–Crippen LogP) is 2.47. The molecular weight excluding hydrogens is 598 g/mol. The molecule has 2 heterocycles. The number of carbonyl (C=O) groups excluding carboxylic acids is 3. The van der Waals surface area contributed by atoms with E-state index in [1.165, 1.54) is 19.1 Å². The lowest BCUT2D eigenvalue weighted by Crippen LogP contribution is -2.69. The van der Waals surface area contributed by atoms with Gasteiger partial charge in [0.2, 0.25) is 6.10 Å². The number of aliphatic hydroxyl groups excluding tert-OH is 1. The van der Waals surface area contributed by atoms with E-state index in [1.54, 1.807) is 24.3 Å². The molecule has 0 aromatic heterocycles. The van der Waals surface area contributed by atoms with E-state index in [1.807, 2.05) is 19.2 Å². The third-order valence-electron chi connectivity index (χ3n) is 9.81. The first-order valence-electron chi connectivity index (χ1n) is 15.4. The molecule has 1 saturated heterocycles. The molecule has 4 aliphatic rings. The number of aliphatic carboxylic acids is 1. The van der Waals surface area contributed by atoms with Crippen LogP contribution in [0.4, 0.5) is 0 Å². The van der Waals surface area contributed by atoms with E-state index in [0.29, 0.717) is 24.2 Å². The Morgan fingerprint density at radius 2 is 1.80 bits per heavy atom. The Bertz CT molecular complexity index is 1590. The van der Waals surface area contributed by atoms with E-state index in [0.717, 1.165) is 24.1 Å². The first kappa shape index (κ1) is 31.7. The summed E-state index contributed by atoms with van der Waals surface area (Å²) in [6.45, 7) is 1.79. The molecule has 3 N–H and O–H groups in total. The van der Waals surface area contributed by atoms with Gasteiger partial charge in [0.15, 0.2) is 12.2 Å². The molecule has 1 fully saturated rings. The van der Waals surface area contributed by atoms with Crippen LogP contribution in [0.25, 0.3) is 0 Å². The van der Waals surface area contributed by atoms with E-state index in [2.05, 4.69) is 4.90 Å². The van der Waals surface area contributed by atoms with Crippen LogP contribution in [0.1, 0.15) is 67.4 Å². The Hall–Kier alpha value is -4.26. The minimum absolute atomic E-state index is 0.185. The molecule has 0 radical (unpaired) electrons. The molecule has 1 spiro atoms. The van der Waals surface area contributed by atoms with Gasteiger partial charge in [0.1, 0.15) is 11.5 Å². The number of aliphatic hydroxyl groups is 2. The number of rotatable bonds is 10. The highest BCUT2D eigenvalue weighted by Gasteiger charge is 2.70. The van der Waals surface area contributed by atoms with Crippen LogP contribution in [-0.2, 0) is 51.8 Å². The van der Waals surface area contributed by atoms with Gasteiger partial charge in [-0.2, -0.15) is 0 Å². The molecule has 0 amide bonds. The number of benzene rings is 2. The predicted molar refractivity (Wildman–Crippen MR) is 159 cm³/mol. The number of nitrogens with zero attached hydrogens (tertiary/aromatic N) is 1. The van der Waals surface area contributed by atoms with Crippen LogP contribution < -0.4 is 4.74 Å². The van der Waals surface area contributed by atoms with Crippen molar-refractivity contribution >= 4 is 23.9 Å². The van der Waals surface area contributed by atoms with Crippen molar-refractivity contribution in [2.24, 2.45) is 0 Å². The number of carboxylic acid groups (broad SMARTS) is 1. The summed E-state index contributed by atoms with van der Waals surface area (Å²) in [7, 11) is 2.01. The van der Waals surface area contributed by atoms with E-state index in [4.69, 9.17) is 18.9 Å². The van der Waals surface area contributed by atoms with Gasteiger partial charge < -0.3 is 39.2 Å². The van der Waals surface area contributed by atoms with Crippen LogP contribution in [0.5, 0.6) is 5.75 Å². The van der Waals surface area contributed by atoms with E-state index < -0.39 is 59.6 Å². The van der Waals surface area contributed by atoms with Gasteiger partial charge in [0.25, 0.3) is 0 Å². The van der Waals surface area contributed by atoms with Crippen molar-refractivity contribution in [3.8, 4) is 5.75 Å². The summed E-state index contributed by atoms with van der Waals surface area (Å²) in [4.78, 5) is 51.9. The quantitative estimate of drug-likeness (QED) is 0.258. The summed E-state index contributed by atoms with van der Waals surface area (Å²) >= 11 is 0. The third-order valence-corrected chi connectivity index (χ3v) is 9.81. The van der Waals surface area contributed by atoms with Crippen LogP contribution >= 0.6 is 0 Å². The van der Waals surface area contributed by atoms with Crippen molar-refractivity contribution in [3.63, 3.8) is 0 Å². The van der Waals surface area contributed by atoms with Gasteiger partial charge in [0.05, 0.1) is 30.5 Å². The van der Waals surface area contributed by atoms with Gasteiger partial charge in [0, 0.05) is 29.2 Å². The molecule has 2 aromatic rings. The Balaban J connectivity index is 1.12. The Kier molecular flexibility index (Phi) is 8.38. The number of likely N-dealkylation sites (tertiary alicyclic amines) is 1. The van der Waals surface area contributed by atoms with Gasteiger partial charge in [-0.05, 0) is 51.4 Å². The standard InChI is InChI=1S/C34H37NO11/c1-19(32(41)46-29(31(39)40)20-7-4-3-5-8-20)43-25(37)11-12-26(38)44-23-13-15-34(42)24-17-21-9-10-22(18-36)28-27(21)33(34,30(23)45-28)14-6-16-35(24)2/h3-5,7-10,13,19,24,29-30,36,42H,6,11-12,14-18H2,1-2H3,(H,39,40)/t19-,24+,29-,30-,33-,34+/m0/s1. The van der Waals surface area contributed by atoms with Crippen molar-refractivity contribution in [1.29, 1.82) is 0 Å². The zero-order valence-corrected chi connectivity index (χ0v) is 25.6. The largest absolute Gasteiger partial charge is 0.481 e. The van der Waals surface area contributed by atoms with Crippen LogP contribution in [-0.4, -0.2) is 81.5 Å². The zero-order chi connectivity index (χ0) is 32.8. The second kappa shape index (κ2) is 12.2. The summed E-state index contributed by atoms with van der Waals surface area (Å²) in [5.74, 6) is -3.26. The number of hydrogen-bond donors (Lipinski definition) is 3. The van der Waals surface area contributed by atoms with Crippen molar-refractivity contribution in [2.75, 3.05) is 13.6 Å². The second-order valence-corrected chi connectivity index (χ2v) is 12.4. The van der Waals surface area contributed by atoms with Gasteiger partial charge in [-0.25, -0.2) is 9.59 Å². The molecule has 0 saturated carbocycles. The lowest BCUT2D eigenvalue weighted by atomic mass is 9.52. The maximum Gasteiger partial charge on any atom is 0.349 e. The Morgan fingerprint density at radius 1 is 1.07 bits per heavy atom. The first-order valence-corrected chi connectivity index (χ1v) is 15.4. The molecule has 6 atom stereocenters. The molecule has 2 aliphatic carbocycles. The van der Waals surface area contributed by atoms with E-state index in [9.17, 15) is 34.5 Å². The fraction of sp³-hybridized carbons (Fsp3) is 0.471. The van der Waals surface area contributed by atoms with Crippen molar-refractivity contribution in [1.82, 2.24) is 4.90 Å². The van der Waals surface area contributed by atoms with Crippen LogP contribution in [0.15, 0.2) is 54.3 Å².